The highest BCUT2D eigenvalue weighted by Gasteiger charge is 2.19. The molecule has 2 aromatic rings. The van der Waals surface area contributed by atoms with Gasteiger partial charge in [0.05, 0.1) is 6.04 Å². The quantitative estimate of drug-likeness (QED) is 0.892. The monoisotopic (exact) mass is 302 g/mol. The van der Waals surface area contributed by atoms with E-state index < -0.39 is 0 Å². The summed E-state index contributed by atoms with van der Waals surface area (Å²) in [5.74, 6) is 0.0575. The van der Waals surface area contributed by atoms with Crippen molar-refractivity contribution in [3.63, 3.8) is 0 Å². The second-order valence-electron chi connectivity index (χ2n) is 5.17. The fourth-order valence-electron chi connectivity index (χ4n) is 2.28. The van der Waals surface area contributed by atoms with E-state index in [9.17, 15) is 4.79 Å². The average molecular weight is 302 g/mol. The van der Waals surface area contributed by atoms with Gasteiger partial charge in [-0.2, -0.15) is 0 Å². The van der Waals surface area contributed by atoms with Gasteiger partial charge in [0.25, 0.3) is 5.91 Å². The Bertz CT molecular complexity index is 607. The summed E-state index contributed by atoms with van der Waals surface area (Å²) in [5.41, 5.74) is 2.92. The number of hydrogen-bond acceptors (Lipinski definition) is 3. The summed E-state index contributed by atoms with van der Waals surface area (Å²) in [5, 5.41) is 5.33. The van der Waals surface area contributed by atoms with Gasteiger partial charge in [0.15, 0.2) is 0 Å². The maximum absolute atomic E-state index is 12.6. The number of benzene rings is 1. The van der Waals surface area contributed by atoms with Crippen LogP contribution in [0.5, 0.6) is 0 Å². The molecule has 21 heavy (non-hydrogen) atoms. The number of thiophene rings is 1. The maximum atomic E-state index is 12.6. The lowest BCUT2D eigenvalue weighted by Crippen LogP contribution is -2.29. The Morgan fingerprint density at radius 3 is 2.71 bits per heavy atom. The molecule has 4 heteroatoms. The van der Waals surface area contributed by atoms with Gasteiger partial charge in [-0.1, -0.05) is 6.07 Å². The summed E-state index contributed by atoms with van der Waals surface area (Å²) in [6, 6.07) is 10.0. The molecule has 0 fully saturated rings. The third-order valence-electron chi connectivity index (χ3n) is 3.70. The molecule has 1 amide bonds. The first-order valence-corrected chi connectivity index (χ1v) is 8.07. The van der Waals surface area contributed by atoms with Crippen LogP contribution in [0.4, 0.5) is 5.69 Å². The summed E-state index contributed by atoms with van der Waals surface area (Å²) in [4.78, 5) is 15.6. The van der Waals surface area contributed by atoms with Crippen molar-refractivity contribution in [2.75, 3.05) is 18.9 Å². The second kappa shape index (κ2) is 6.76. The maximum Gasteiger partial charge on any atom is 0.254 e. The van der Waals surface area contributed by atoms with Crippen LogP contribution in [0.25, 0.3) is 0 Å². The lowest BCUT2D eigenvalue weighted by molar-refractivity contribution is 0.0745. The van der Waals surface area contributed by atoms with Crippen LogP contribution in [0.3, 0.4) is 0 Å². The molecule has 0 bridgehead atoms. The number of hydrogen-bond donors (Lipinski definition) is 1. The van der Waals surface area contributed by atoms with Crippen LogP contribution in [-0.2, 0) is 0 Å². The fourth-order valence-corrected chi connectivity index (χ4v) is 3.11. The molecule has 0 aliphatic rings. The zero-order chi connectivity index (χ0) is 15.4. The van der Waals surface area contributed by atoms with Crippen LogP contribution in [0.1, 0.15) is 40.7 Å². The summed E-state index contributed by atoms with van der Waals surface area (Å²) in [6.07, 6.45) is 0. The van der Waals surface area contributed by atoms with Crippen molar-refractivity contribution in [1.29, 1.82) is 0 Å². The van der Waals surface area contributed by atoms with Crippen molar-refractivity contribution in [2.24, 2.45) is 0 Å². The summed E-state index contributed by atoms with van der Waals surface area (Å²) < 4.78 is 0. The number of nitrogens with one attached hydrogen (secondary N) is 1. The van der Waals surface area contributed by atoms with Crippen molar-refractivity contribution < 1.29 is 4.79 Å². The number of nitrogens with zero attached hydrogens (tertiary/aromatic N) is 1. The molecule has 2 rings (SSSR count). The van der Waals surface area contributed by atoms with Crippen LogP contribution in [0, 0.1) is 6.92 Å². The lowest BCUT2D eigenvalue weighted by atomic mass is 10.1. The van der Waals surface area contributed by atoms with E-state index in [2.05, 4.69) is 25.2 Å². The molecule has 0 aliphatic carbocycles. The number of amides is 1. The summed E-state index contributed by atoms with van der Waals surface area (Å²) in [7, 11) is 1.86. The van der Waals surface area contributed by atoms with E-state index in [0.29, 0.717) is 0 Å². The van der Waals surface area contributed by atoms with Gasteiger partial charge in [-0.15, -0.1) is 11.3 Å². The average Bonchev–Trinajstić information content (AvgIpc) is 3.01. The molecule has 112 valence electrons. The Morgan fingerprint density at radius 2 is 2.14 bits per heavy atom. The van der Waals surface area contributed by atoms with Crippen LogP contribution in [0.15, 0.2) is 35.7 Å². The molecule has 0 radical (unpaired) electrons. The predicted molar refractivity (Wildman–Crippen MR) is 90.2 cm³/mol. The molecular weight excluding hydrogens is 280 g/mol. The summed E-state index contributed by atoms with van der Waals surface area (Å²) >= 11 is 1.68. The Morgan fingerprint density at radius 1 is 1.38 bits per heavy atom. The Labute approximate surface area is 130 Å². The van der Waals surface area contributed by atoms with Crippen LogP contribution < -0.4 is 5.32 Å². The van der Waals surface area contributed by atoms with E-state index in [1.165, 1.54) is 4.88 Å². The molecule has 1 atom stereocenters. The topological polar surface area (TPSA) is 32.3 Å². The molecule has 0 saturated carbocycles. The minimum Gasteiger partial charge on any atom is -0.385 e. The number of carbonyl (C=O) groups is 1. The van der Waals surface area contributed by atoms with Gasteiger partial charge in [0, 0.05) is 29.7 Å². The highest BCUT2D eigenvalue weighted by Crippen LogP contribution is 2.25. The molecule has 1 aromatic carbocycles. The molecule has 1 aromatic heterocycles. The van der Waals surface area contributed by atoms with Gasteiger partial charge in [0.2, 0.25) is 0 Å². The normalized spacial score (nSPS) is 12.0. The Hall–Kier alpha value is -1.81. The number of rotatable bonds is 5. The highest BCUT2D eigenvalue weighted by atomic mass is 32.1. The number of carbonyl (C=O) groups excluding carboxylic acids is 1. The van der Waals surface area contributed by atoms with E-state index >= 15 is 0 Å². The van der Waals surface area contributed by atoms with Gasteiger partial charge in [-0.05, 0) is 56.0 Å². The third kappa shape index (κ3) is 3.45. The van der Waals surface area contributed by atoms with E-state index in [0.717, 1.165) is 23.4 Å². The summed E-state index contributed by atoms with van der Waals surface area (Å²) in [6.45, 7) is 7.03. The SMILES string of the molecule is CCNc1ccc(C(=O)N(C)C(C)c2cccs2)cc1C. The Kier molecular flexibility index (Phi) is 5.02. The van der Waals surface area contributed by atoms with Crippen LogP contribution in [-0.4, -0.2) is 24.4 Å². The third-order valence-corrected chi connectivity index (χ3v) is 4.74. The predicted octanol–water partition coefficient (Wildman–Crippen LogP) is 4.32. The van der Waals surface area contributed by atoms with Gasteiger partial charge in [-0.3, -0.25) is 4.79 Å². The molecule has 0 aliphatic heterocycles. The highest BCUT2D eigenvalue weighted by molar-refractivity contribution is 7.10. The van der Waals surface area contributed by atoms with E-state index in [4.69, 9.17) is 0 Å². The minimum absolute atomic E-state index is 0.0575. The van der Waals surface area contributed by atoms with Crippen molar-refractivity contribution in [3.8, 4) is 0 Å². The molecule has 0 spiro atoms. The van der Waals surface area contributed by atoms with Gasteiger partial charge < -0.3 is 10.2 Å². The molecule has 1 heterocycles. The first-order chi connectivity index (χ1) is 10.0. The molecular formula is C17H22N2OS. The zero-order valence-corrected chi connectivity index (χ0v) is 13.8. The standard InChI is InChI=1S/C17H22N2OS/c1-5-18-15-9-8-14(11-12(15)2)17(20)19(4)13(3)16-7-6-10-21-16/h6-11,13,18H,5H2,1-4H3. The van der Waals surface area contributed by atoms with E-state index in [1.54, 1.807) is 16.2 Å². The molecule has 3 nitrogen and oxygen atoms in total. The second-order valence-corrected chi connectivity index (χ2v) is 6.15. The van der Waals surface area contributed by atoms with Crippen LogP contribution in [0.2, 0.25) is 0 Å². The molecule has 1 N–H and O–H groups in total. The van der Waals surface area contributed by atoms with Crippen molar-refractivity contribution >= 4 is 22.9 Å². The number of anilines is 1. The van der Waals surface area contributed by atoms with Gasteiger partial charge >= 0.3 is 0 Å². The largest absolute Gasteiger partial charge is 0.385 e. The smallest absolute Gasteiger partial charge is 0.254 e. The molecule has 0 saturated heterocycles. The Balaban J connectivity index is 2.17. The lowest BCUT2D eigenvalue weighted by Gasteiger charge is -2.24. The van der Waals surface area contributed by atoms with Crippen molar-refractivity contribution in [1.82, 2.24) is 4.90 Å². The number of aryl methyl sites for hydroxylation is 1. The van der Waals surface area contributed by atoms with Crippen molar-refractivity contribution in [2.45, 2.75) is 26.8 Å². The van der Waals surface area contributed by atoms with Gasteiger partial charge in [0.1, 0.15) is 0 Å². The first-order valence-electron chi connectivity index (χ1n) is 7.19. The zero-order valence-electron chi connectivity index (χ0n) is 13.0. The first kappa shape index (κ1) is 15.6. The van der Waals surface area contributed by atoms with Crippen molar-refractivity contribution in [3.05, 3.63) is 51.7 Å². The van der Waals surface area contributed by atoms with E-state index in [-0.39, 0.29) is 11.9 Å². The minimum atomic E-state index is 0.0575. The van der Waals surface area contributed by atoms with E-state index in [1.807, 2.05) is 43.6 Å². The molecule has 1 unspecified atom stereocenters. The fraction of sp³-hybridized carbons (Fsp3) is 0.353. The van der Waals surface area contributed by atoms with Gasteiger partial charge in [-0.25, -0.2) is 0 Å². The van der Waals surface area contributed by atoms with Crippen LogP contribution >= 0.6 is 11.3 Å².